The predicted molar refractivity (Wildman–Crippen MR) is 133 cm³/mol. The number of thiophene rings is 1. The maximum atomic E-state index is 13.2. The molecule has 0 saturated heterocycles. The molecule has 1 aromatic carbocycles. The lowest BCUT2D eigenvalue weighted by atomic mass is 9.97. The summed E-state index contributed by atoms with van der Waals surface area (Å²) in [6.45, 7) is 0.756. The third-order valence-electron chi connectivity index (χ3n) is 5.70. The van der Waals surface area contributed by atoms with Crippen molar-refractivity contribution in [2.75, 3.05) is 27.4 Å². The third-order valence-corrected chi connectivity index (χ3v) is 6.37. The normalized spacial score (nSPS) is 12.6. The third kappa shape index (κ3) is 4.53. The van der Waals surface area contributed by atoms with E-state index in [2.05, 4.69) is 15.7 Å². The molecule has 10 nitrogen and oxygen atoms in total. The number of nitrogens with zero attached hydrogens (tertiary/aromatic N) is 2. The number of nitrogens with one attached hydrogen (secondary N) is 3. The van der Waals surface area contributed by atoms with Gasteiger partial charge in [0.15, 0.2) is 5.69 Å². The fourth-order valence-electron chi connectivity index (χ4n) is 3.72. The molecular weight excluding hydrogens is 470 g/mol. The van der Waals surface area contributed by atoms with Crippen molar-refractivity contribution in [1.29, 1.82) is 5.41 Å². The van der Waals surface area contributed by atoms with E-state index in [9.17, 15) is 15.0 Å². The molecule has 0 aliphatic carbocycles. The van der Waals surface area contributed by atoms with Gasteiger partial charge in [0.1, 0.15) is 18.1 Å². The molecule has 0 unspecified atom stereocenters. The van der Waals surface area contributed by atoms with E-state index in [-0.39, 0.29) is 18.0 Å². The number of benzene rings is 1. The van der Waals surface area contributed by atoms with Crippen molar-refractivity contribution in [1.82, 2.24) is 20.4 Å². The Morgan fingerprint density at radius 2 is 2.17 bits per heavy atom. The molecule has 0 bridgehead atoms. The molecule has 184 valence electrons. The van der Waals surface area contributed by atoms with Gasteiger partial charge in [-0.05, 0) is 36.7 Å². The van der Waals surface area contributed by atoms with Crippen molar-refractivity contribution in [3.8, 4) is 28.4 Å². The summed E-state index contributed by atoms with van der Waals surface area (Å²) in [4.78, 5) is 13.2. The van der Waals surface area contributed by atoms with Crippen molar-refractivity contribution in [2.45, 2.75) is 19.1 Å². The van der Waals surface area contributed by atoms with Crippen molar-refractivity contribution < 1.29 is 24.5 Å². The molecule has 0 radical (unpaired) electrons. The van der Waals surface area contributed by atoms with Crippen LogP contribution in [0.1, 0.15) is 28.5 Å². The lowest BCUT2D eigenvalue weighted by Crippen LogP contribution is -2.52. The first kappa shape index (κ1) is 24.5. The molecule has 3 heterocycles. The second-order valence-corrected chi connectivity index (χ2v) is 9.05. The Balaban J connectivity index is 1.90. The van der Waals surface area contributed by atoms with Crippen LogP contribution in [-0.4, -0.2) is 64.5 Å². The summed E-state index contributed by atoms with van der Waals surface area (Å²) in [6.07, 6.45) is 3.27. The minimum Gasteiger partial charge on any atom is -0.496 e. The van der Waals surface area contributed by atoms with Crippen molar-refractivity contribution in [3.63, 3.8) is 0 Å². The second kappa shape index (κ2) is 9.90. The van der Waals surface area contributed by atoms with Gasteiger partial charge in [-0.25, -0.2) is 4.68 Å². The number of allylic oxidation sites excluding steroid dienone is 1. The first-order chi connectivity index (χ1) is 16.9. The van der Waals surface area contributed by atoms with E-state index >= 15 is 0 Å². The van der Waals surface area contributed by atoms with Gasteiger partial charge in [0.25, 0.3) is 5.91 Å². The van der Waals surface area contributed by atoms with Crippen molar-refractivity contribution >= 4 is 23.0 Å². The number of methoxy groups -OCH3 is 1. The second-order valence-electron chi connectivity index (χ2n) is 8.27. The molecule has 4 rings (SSSR count). The summed E-state index contributed by atoms with van der Waals surface area (Å²) in [6, 6.07) is 5.42. The average molecular weight is 498 g/mol. The molecule has 0 atom stereocenters. The molecule has 1 aliphatic rings. The summed E-state index contributed by atoms with van der Waals surface area (Å²) in [5, 5.41) is 41.8. The van der Waals surface area contributed by atoms with Gasteiger partial charge in [0.2, 0.25) is 0 Å². The predicted octanol–water partition coefficient (Wildman–Crippen LogP) is 2.08. The van der Waals surface area contributed by atoms with Crippen LogP contribution in [0.25, 0.3) is 16.9 Å². The van der Waals surface area contributed by atoms with Gasteiger partial charge in [-0.1, -0.05) is 0 Å². The zero-order valence-corrected chi connectivity index (χ0v) is 20.4. The average Bonchev–Trinajstić information content (AvgIpc) is 3.54. The molecule has 3 aromatic rings. The maximum Gasteiger partial charge on any atom is 0.272 e. The van der Waals surface area contributed by atoms with Gasteiger partial charge in [-0.15, -0.1) is 0 Å². The number of amides is 1. The number of ether oxygens (including phenoxy) is 2. The zero-order valence-electron chi connectivity index (χ0n) is 19.6. The molecule has 1 amide bonds. The minimum atomic E-state index is -1.21. The number of aliphatic hydroxyl groups is 2. The van der Waals surface area contributed by atoms with Crippen LogP contribution in [0.2, 0.25) is 0 Å². The van der Waals surface area contributed by atoms with Crippen LogP contribution in [0.3, 0.4) is 0 Å². The monoisotopic (exact) mass is 497 g/mol. The number of hydrogen-bond donors (Lipinski definition) is 5. The number of aromatic nitrogens is 2. The number of rotatable bonds is 9. The van der Waals surface area contributed by atoms with Gasteiger partial charge in [0, 0.05) is 35.2 Å². The highest BCUT2D eigenvalue weighted by atomic mass is 32.1. The Hall–Kier alpha value is -3.67. The molecule has 5 N–H and O–H groups in total. The Morgan fingerprint density at radius 3 is 2.80 bits per heavy atom. The fraction of sp³-hybridized carbons (Fsp3) is 0.292. The Kier molecular flexibility index (Phi) is 6.92. The van der Waals surface area contributed by atoms with Crippen molar-refractivity contribution in [3.05, 3.63) is 58.1 Å². The highest BCUT2D eigenvalue weighted by Gasteiger charge is 2.34. The van der Waals surface area contributed by atoms with Crippen molar-refractivity contribution in [2.24, 2.45) is 0 Å². The van der Waals surface area contributed by atoms with Crippen LogP contribution in [0, 0.1) is 5.41 Å². The molecular formula is C24H27N5O5S. The summed E-state index contributed by atoms with van der Waals surface area (Å²) < 4.78 is 13.2. The zero-order chi connectivity index (χ0) is 25.2. The maximum absolute atomic E-state index is 13.2. The Morgan fingerprint density at radius 1 is 1.40 bits per heavy atom. The Bertz CT molecular complexity index is 1280. The van der Waals surface area contributed by atoms with E-state index in [1.165, 1.54) is 18.4 Å². The number of carbonyl (C=O) groups is 1. The molecule has 0 fully saturated rings. The van der Waals surface area contributed by atoms with Gasteiger partial charge in [-0.3, -0.25) is 4.79 Å². The first-order valence-corrected chi connectivity index (χ1v) is 11.8. The van der Waals surface area contributed by atoms with Crippen LogP contribution in [0.5, 0.6) is 11.5 Å². The van der Waals surface area contributed by atoms with E-state index < -0.39 is 24.7 Å². The quantitative estimate of drug-likeness (QED) is 0.285. The molecule has 2 aromatic heterocycles. The number of aliphatic hydroxyl groups excluding tert-OH is 2. The SMILES string of the molecule is CN/C=C\C(=N)c1cc2c(cc1OC)OCc1c(C(=O)NC(C)(CO)CO)nn(-c3ccsc3)c1-2. The number of fused-ring (bicyclic) bond motifs is 3. The molecule has 0 spiro atoms. The summed E-state index contributed by atoms with van der Waals surface area (Å²) in [7, 11) is 3.28. The topological polar surface area (TPSA) is 142 Å². The summed E-state index contributed by atoms with van der Waals surface area (Å²) >= 11 is 1.50. The highest BCUT2D eigenvalue weighted by Crippen LogP contribution is 2.43. The number of hydrogen-bond acceptors (Lipinski definition) is 9. The van der Waals surface area contributed by atoms with Crippen LogP contribution >= 0.6 is 11.3 Å². The number of carbonyl (C=O) groups excluding carboxylic acids is 1. The van der Waals surface area contributed by atoms with Crippen LogP contribution in [0.4, 0.5) is 0 Å². The largest absolute Gasteiger partial charge is 0.496 e. The van der Waals surface area contributed by atoms with Crippen LogP contribution < -0.4 is 20.1 Å². The standard InChI is InChI=1S/C24H27N5O5S/c1-24(12-30,13-31)27-23(32)21-17-10-34-20-9-19(33-3)15(18(25)4-6-26-2)8-16(20)22(17)29(28-21)14-5-7-35-11-14/h4-9,11,25-26,30-31H,10,12-13H2,1-3H3,(H,27,32)/b6-4-,25-18?. The lowest BCUT2D eigenvalue weighted by Gasteiger charge is -2.26. The molecule has 35 heavy (non-hydrogen) atoms. The van der Waals surface area contributed by atoms with Gasteiger partial charge in [-0.2, -0.15) is 16.4 Å². The van der Waals surface area contributed by atoms with Gasteiger partial charge < -0.3 is 35.7 Å². The van der Waals surface area contributed by atoms with E-state index in [0.717, 1.165) is 5.69 Å². The van der Waals surface area contributed by atoms with E-state index in [4.69, 9.17) is 14.9 Å². The Labute approximate surface area is 206 Å². The summed E-state index contributed by atoms with van der Waals surface area (Å²) in [5.74, 6) is 0.493. The smallest absolute Gasteiger partial charge is 0.272 e. The summed E-state index contributed by atoms with van der Waals surface area (Å²) in [5.41, 5.74) is 2.36. The van der Waals surface area contributed by atoms with Gasteiger partial charge >= 0.3 is 0 Å². The molecule has 11 heteroatoms. The molecule has 0 saturated carbocycles. The molecule has 1 aliphatic heterocycles. The van der Waals surface area contributed by atoms with E-state index in [1.54, 1.807) is 43.1 Å². The van der Waals surface area contributed by atoms with E-state index in [0.29, 0.717) is 33.9 Å². The minimum absolute atomic E-state index is 0.0871. The van der Waals surface area contributed by atoms with E-state index in [1.807, 2.05) is 16.8 Å². The van der Waals surface area contributed by atoms with Crippen LogP contribution in [0.15, 0.2) is 41.2 Å². The fourth-order valence-corrected chi connectivity index (χ4v) is 4.34. The van der Waals surface area contributed by atoms with Gasteiger partial charge in [0.05, 0.1) is 43.0 Å². The highest BCUT2D eigenvalue weighted by molar-refractivity contribution is 7.08. The lowest BCUT2D eigenvalue weighted by molar-refractivity contribution is 0.0717. The first-order valence-electron chi connectivity index (χ1n) is 10.8. The van der Waals surface area contributed by atoms with Crippen LogP contribution in [-0.2, 0) is 6.61 Å².